The molecule has 2 rings (SSSR count). The highest BCUT2D eigenvalue weighted by atomic mass is 79.9. The smallest absolute Gasteiger partial charge is 0.324 e. The molecule has 0 aromatic heterocycles. The number of urea groups is 1. The summed E-state index contributed by atoms with van der Waals surface area (Å²) in [5, 5.41) is 5.90. The summed E-state index contributed by atoms with van der Waals surface area (Å²) in [6.45, 7) is 3.21. The second-order valence-corrected chi connectivity index (χ2v) is 5.59. The Balaban J connectivity index is 1.86. The molecule has 0 bridgehead atoms. The van der Waals surface area contributed by atoms with E-state index in [1.54, 1.807) is 0 Å². The van der Waals surface area contributed by atoms with E-state index < -0.39 is 0 Å². The van der Waals surface area contributed by atoms with Gasteiger partial charge in [-0.1, -0.05) is 35.0 Å². The number of nitrogens with one attached hydrogen (secondary N) is 2. The van der Waals surface area contributed by atoms with Gasteiger partial charge in [0, 0.05) is 23.6 Å². The van der Waals surface area contributed by atoms with Gasteiger partial charge in [-0.3, -0.25) is 9.69 Å². The molecule has 0 unspecified atom stereocenters. The monoisotopic (exact) mass is 339 g/mol. The number of amides is 3. The van der Waals surface area contributed by atoms with Gasteiger partial charge in [0.05, 0.1) is 6.54 Å². The average molecular weight is 340 g/mol. The van der Waals surface area contributed by atoms with Crippen molar-refractivity contribution in [3.05, 3.63) is 34.3 Å². The fraction of sp³-hybridized carbons (Fsp3) is 0.429. The lowest BCUT2D eigenvalue weighted by molar-refractivity contribution is -0.124. The molecule has 0 saturated carbocycles. The Labute approximate surface area is 126 Å². The quantitative estimate of drug-likeness (QED) is 0.779. The minimum Gasteiger partial charge on any atom is -0.329 e. The van der Waals surface area contributed by atoms with Crippen molar-refractivity contribution in [3.8, 4) is 0 Å². The van der Waals surface area contributed by atoms with E-state index >= 15 is 0 Å². The molecule has 1 atom stereocenters. The second kappa shape index (κ2) is 6.85. The van der Waals surface area contributed by atoms with Crippen molar-refractivity contribution in [1.29, 1.82) is 0 Å². The van der Waals surface area contributed by atoms with Crippen LogP contribution in [-0.2, 0) is 4.79 Å². The summed E-state index contributed by atoms with van der Waals surface area (Å²) in [7, 11) is 0. The summed E-state index contributed by atoms with van der Waals surface area (Å²) < 4.78 is 1.05. The number of imide groups is 1. The molecule has 1 aliphatic rings. The minimum absolute atomic E-state index is 0.114. The Morgan fingerprint density at radius 3 is 2.60 bits per heavy atom. The molecule has 0 radical (unpaired) electrons. The van der Waals surface area contributed by atoms with Crippen molar-refractivity contribution in [2.75, 3.05) is 19.6 Å². The maximum absolute atomic E-state index is 11.4. The zero-order chi connectivity index (χ0) is 14.5. The van der Waals surface area contributed by atoms with E-state index in [1.807, 2.05) is 12.1 Å². The highest BCUT2D eigenvalue weighted by Gasteiger charge is 2.27. The van der Waals surface area contributed by atoms with E-state index in [-0.39, 0.29) is 24.5 Å². The van der Waals surface area contributed by atoms with E-state index in [0.29, 0.717) is 13.1 Å². The van der Waals surface area contributed by atoms with Crippen LogP contribution in [0.15, 0.2) is 28.7 Å². The van der Waals surface area contributed by atoms with E-state index in [2.05, 4.69) is 45.6 Å². The van der Waals surface area contributed by atoms with Gasteiger partial charge in [-0.05, 0) is 24.1 Å². The van der Waals surface area contributed by atoms with Crippen LogP contribution in [0.4, 0.5) is 4.79 Å². The number of carbonyl (C=O) groups excluding carboxylic acids is 2. The van der Waals surface area contributed by atoms with Gasteiger partial charge >= 0.3 is 6.03 Å². The van der Waals surface area contributed by atoms with Crippen molar-refractivity contribution >= 4 is 27.9 Å². The SMILES string of the molecule is CC[C@H](NCCN1C(=O)CNC1=O)c1ccc(Br)cc1. The van der Waals surface area contributed by atoms with Gasteiger partial charge in [-0.2, -0.15) is 0 Å². The van der Waals surface area contributed by atoms with Crippen LogP contribution >= 0.6 is 15.9 Å². The normalized spacial score (nSPS) is 16.4. The highest BCUT2D eigenvalue weighted by Crippen LogP contribution is 2.19. The van der Waals surface area contributed by atoms with E-state index in [0.717, 1.165) is 10.9 Å². The van der Waals surface area contributed by atoms with Crippen LogP contribution in [0.25, 0.3) is 0 Å². The fourth-order valence-corrected chi connectivity index (χ4v) is 2.49. The van der Waals surface area contributed by atoms with Gasteiger partial charge in [0.2, 0.25) is 5.91 Å². The fourth-order valence-electron chi connectivity index (χ4n) is 2.23. The molecule has 108 valence electrons. The first-order valence-corrected chi connectivity index (χ1v) is 7.48. The first kappa shape index (κ1) is 15.0. The van der Waals surface area contributed by atoms with Crippen LogP contribution in [-0.4, -0.2) is 36.5 Å². The summed E-state index contributed by atoms with van der Waals surface area (Å²) >= 11 is 3.42. The third-order valence-electron chi connectivity index (χ3n) is 3.34. The van der Waals surface area contributed by atoms with Crippen LogP contribution < -0.4 is 10.6 Å². The largest absolute Gasteiger partial charge is 0.329 e. The zero-order valence-electron chi connectivity index (χ0n) is 11.4. The molecule has 1 aliphatic heterocycles. The summed E-state index contributed by atoms with van der Waals surface area (Å²) in [6.07, 6.45) is 0.946. The maximum Gasteiger partial charge on any atom is 0.324 e. The van der Waals surface area contributed by atoms with Crippen LogP contribution in [0.3, 0.4) is 0 Å². The lowest BCUT2D eigenvalue weighted by atomic mass is 10.0. The maximum atomic E-state index is 11.4. The lowest BCUT2D eigenvalue weighted by Gasteiger charge is -2.19. The standard InChI is InChI=1S/C14H18BrN3O2/c1-2-12(10-3-5-11(15)6-4-10)16-7-8-18-13(19)9-17-14(18)20/h3-6,12,16H,2,7-9H2,1H3,(H,17,20)/t12-/m0/s1. The van der Waals surface area contributed by atoms with Crippen LogP contribution in [0.2, 0.25) is 0 Å². The predicted octanol–water partition coefficient (Wildman–Crippen LogP) is 2.04. The summed E-state index contributed by atoms with van der Waals surface area (Å²) in [6, 6.07) is 8.09. The molecule has 1 aromatic carbocycles. The van der Waals surface area contributed by atoms with Gasteiger partial charge in [0.1, 0.15) is 0 Å². The Morgan fingerprint density at radius 1 is 1.35 bits per heavy atom. The number of nitrogens with zero attached hydrogens (tertiary/aromatic N) is 1. The zero-order valence-corrected chi connectivity index (χ0v) is 12.9. The van der Waals surface area contributed by atoms with Gasteiger partial charge in [-0.25, -0.2) is 4.79 Å². The Morgan fingerprint density at radius 2 is 2.05 bits per heavy atom. The molecule has 1 saturated heterocycles. The molecule has 1 aromatic rings. The third-order valence-corrected chi connectivity index (χ3v) is 3.87. The molecule has 1 fully saturated rings. The van der Waals surface area contributed by atoms with Crippen molar-refractivity contribution in [3.63, 3.8) is 0 Å². The number of benzene rings is 1. The number of hydrogen-bond donors (Lipinski definition) is 2. The van der Waals surface area contributed by atoms with Crippen molar-refractivity contribution < 1.29 is 9.59 Å². The molecule has 2 N–H and O–H groups in total. The number of halogens is 1. The molecule has 0 spiro atoms. The Kier molecular flexibility index (Phi) is 5.14. The molecule has 0 aliphatic carbocycles. The summed E-state index contributed by atoms with van der Waals surface area (Å²) in [5.74, 6) is -0.159. The van der Waals surface area contributed by atoms with Crippen molar-refractivity contribution in [2.24, 2.45) is 0 Å². The molecule has 3 amide bonds. The van der Waals surface area contributed by atoms with Crippen LogP contribution in [0.5, 0.6) is 0 Å². The average Bonchev–Trinajstić information content (AvgIpc) is 2.76. The highest BCUT2D eigenvalue weighted by molar-refractivity contribution is 9.10. The predicted molar refractivity (Wildman–Crippen MR) is 80.3 cm³/mol. The molecular formula is C14H18BrN3O2. The molecule has 5 nitrogen and oxygen atoms in total. The van der Waals surface area contributed by atoms with Crippen molar-refractivity contribution in [2.45, 2.75) is 19.4 Å². The third kappa shape index (κ3) is 3.58. The summed E-state index contributed by atoms with van der Waals surface area (Å²) in [4.78, 5) is 24.1. The van der Waals surface area contributed by atoms with Crippen LogP contribution in [0.1, 0.15) is 24.9 Å². The number of rotatable bonds is 6. The topological polar surface area (TPSA) is 61.4 Å². The molecular weight excluding hydrogens is 322 g/mol. The Hall–Kier alpha value is -1.40. The van der Waals surface area contributed by atoms with Gasteiger partial charge in [-0.15, -0.1) is 0 Å². The van der Waals surface area contributed by atoms with E-state index in [1.165, 1.54) is 10.5 Å². The second-order valence-electron chi connectivity index (χ2n) is 4.67. The number of carbonyl (C=O) groups is 2. The van der Waals surface area contributed by atoms with Gasteiger partial charge < -0.3 is 10.6 Å². The summed E-state index contributed by atoms with van der Waals surface area (Å²) in [5.41, 5.74) is 1.20. The van der Waals surface area contributed by atoms with E-state index in [9.17, 15) is 9.59 Å². The Bertz CT molecular complexity index is 474. The first-order chi connectivity index (χ1) is 9.61. The van der Waals surface area contributed by atoms with Gasteiger partial charge in [0.15, 0.2) is 0 Å². The molecule has 20 heavy (non-hydrogen) atoms. The lowest BCUT2D eigenvalue weighted by Crippen LogP contribution is -2.37. The minimum atomic E-state index is -0.298. The first-order valence-electron chi connectivity index (χ1n) is 6.69. The molecule has 6 heteroatoms. The van der Waals surface area contributed by atoms with E-state index in [4.69, 9.17) is 0 Å². The number of hydrogen-bond acceptors (Lipinski definition) is 3. The van der Waals surface area contributed by atoms with Crippen LogP contribution in [0, 0.1) is 0 Å². The van der Waals surface area contributed by atoms with Gasteiger partial charge in [0.25, 0.3) is 0 Å². The molecule has 1 heterocycles. The van der Waals surface area contributed by atoms with Crippen molar-refractivity contribution in [1.82, 2.24) is 15.5 Å².